The average molecular weight is 979 g/mol. The smallest absolute Gasteiger partial charge is 0.213 e. The topological polar surface area (TPSA) is 46.5 Å². The number of aliphatic hydroxyl groups excluding tert-OH is 1. The Kier molecular flexibility index (Phi) is 20.8. The zero-order valence-electron chi connectivity index (χ0n) is 37.5. The summed E-state index contributed by atoms with van der Waals surface area (Å²) in [7, 11) is 0. The predicted octanol–water partition coefficient (Wildman–Crippen LogP) is 15.8. The molecule has 0 saturated carbocycles. The molecule has 6 aromatic rings. The Labute approximate surface area is 393 Å². The third-order valence-corrected chi connectivity index (χ3v) is 13.9. The fraction of sp³-hybridized carbons (Fsp3) is 0.339. The zero-order chi connectivity index (χ0) is 43.8. The van der Waals surface area contributed by atoms with Crippen LogP contribution in [0.1, 0.15) is 147 Å². The lowest BCUT2D eigenvalue weighted by Gasteiger charge is -2.29. The van der Waals surface area contributed by atoms with Gasteiger partial charge in [0.15, 0.2) is 0 Å². The van der Waals surface area contributed by atoms with E-state index in [-0.39, 0.29) is 21.2 Å². The van der Waals surface area contributed by atoms with Crippen LogP contribution in [0.25, 0.3) is 0 Å². The summed E-state index contributed by atoms with van der Waals surface area (Å²) in [5.74, 6) is 3.54. The van der Waals surface area contributed by atoms with Crippen molar-refractivity contribution in [2.24, 2.45) is 0 Å². The number of rotatable bonds is 19. The van der Waals surface area contributed by atoms with Gasteiger partial charge in [0.25, 0.3) is 0 Å². The molecule has 0 aromatic heterocycles. The molecule has 0 heterocycles. The number of ether oxygens (including phenoxy) is 1. The number of hydrogen-bond donors (Lipinski definition) is 1. The molecule has 0 spiro atoms. The Morgan fingerprint density at radius 3 is 1.21 bits per heavy atom. The number of alkyl halides is 1. The monoisotopic (exact) mass is 976 g/mol. The molecule has 0 aliphatic rings. The Bertz CT molecular complexity index is 2150. The third kappa shape index (κ3) is 16.0. The molecule has 1 N–H and O–H groups in total. The summed E-state index contributed by atoms with van der Waals surface area (Å²) in [5, 5.41) is 9.38. The van der Waals surface area contributed by atoms with E-state index < -0.39 is 4.32 Å². The van der Waals surface area contributed by atoms with E-state index in [0.29, 0.717) is 42.1 Å². The maximum Gasteiger partial charge on any atom is 0.213 e. The highest BCUT2D eigenvalue weighted by Gasteiger charge is 2.25. The van der Waals surface area contributed by atoms with Gasteiger partial charge in [0.05, 0.1) is 10.9 Å². The Morgan fingerprint density at radius 2 is 0.823 bits per heavy atom. The Balaban J connectivity index is 0.000000973. The molecule has 0 fully saturated rings. The summed E-state index contributed by atoms with van der Waals surface area (Å²) in [6, 6.07) is 59.5. The van der Waals surface area contributed by atoms with E-state index in [1.165, 1.54) is 33.4 Å². The van der Waals surface area contributed by atoms with Gasteiger partial charge in [-0.2, -0.15) is 9.90 Å². The average Bonchev–Trinajstić information content (AvgIpc) is 3.28. The summed E-state index contributed by atoms with van der Waals surface area (Å²) in [6.45, 7) is 13.6. The van der Waals surface area contributed by atoms with E-state index in [0.717, 1.165) is 42.6 Å². The van der Waals surface area contributed by atoms with Gasteiger partial charge in [-0.15, -0.1) is 0 Å². The van der Waals surface area contributed by atoms with E-state index in [2.05, 4.69) is 199 Å². The highest BCUT2D eigenvalue weighted by molar-refractivity contribution is 9.20. The highest BCUT2D eigenvalue weighted by Crippen LogP contribution is 2.42. The van der Waals surface area contributed by atoms with Crippen LogP contribution in [0.4, 0.5) is 0 Å². The molecule has 0 saturated heterocycles. The Morgan fingerprint density at radius 1 is 0.500 bits per heavy atom. The van der Waals surface area contributed by atoms with Gasteiger partial charge in [0.1, 0.15) is 12.4 Å². The fourth-order valence-electron chi connectivity index (χ4n) is 8.19. The van der Waals surface area contributed by atoms with Crippen molar-refractivity contribution in [2.45, 2.75) is 120 Å². The molecule has 0 amide bonds. The lowest BCUT2D eigenvalue weighted by atomic mass is 9.75. The number of halogens is 2. The first kappa shape index (κ1) is 50.8. The largest absolute Gasteiger partial charge is 0.489 e. The molecule has 6 aromatic carbocycles. The van der Waals surface area contributed by atoms with Crippen molar-refractivity contribution in [3.05, 3.63) is 208 Å². The quantitative estimate of drug-likeness (QED) is 0.0500. The summed E-state index contributed by atoms with van der Waals surface area (Å²) < 4.78 is 5.66. The lowest BCUT2D eigenvalue weighted by Crippen LogP contribution is -2.17. The van der Waals surface area contributed by atoms with Crippen LogP contribution in [-0.4, -0.2) is 14.1 Å². The van der Waals surface area contributed by atoms with Crippen molar-refractivity contribution in [3.63, 3.8) is 0 Å². The SMILES string of the molecule is CC(C)(Br)C(=O)Br.CC(CC(C)c1ccc(C(C)CC(CC(CC(C)c2ccccc2)c2ccc(COc3ccc(CO)cc3)cc2)c2ccccc2)cc1)c1ccccc1.P. The van der Waals surface area contributed by atoms with Crippen molar-refractivity contribution in [1.29, 1.82) is 0 Å². The van der Waals surface area contributed by atoms with E-state index in [9.17, 15) is 9.90 Å². The minimum absolute atomic E-state index is 0. The standard InChI is InChI=1S/C52H58O2.C4H6Br2O.H3P/c1-38(44-14-8-5-9-15-44)32-39(2)46-26-28-47(29-27-46)41(4)34-50(48-18-12-7-13-19-48)35-51(33-40(3)45-16-10-6-11-17-45)49-24-20-43(21-25-49)37-54-52-30-22-42(36-53)23-31-52;1-4(2,6)3(5)7;/h5-31,38-41,50-51,53H,32-37H2,1-4H3;1-2H3;1H3. The van der Waals surface area contributed by atoms with E-state index in [1.54, 1.807) is 13.8 Å². The molecule has 0 aliphatic carbocycles. The summed E-state index contributed by atoms with van der Waals surface area (Å²) in [6.07, 6.45) is 4.42. The van der Waals surface area contributed by atoms with Gasteiger partial charge in [-0.25, -0.2) is 0 Å². The fourth-order valence-corrected chi connectivity index (χ4v) is 8.19. The summed E-state index contributed by atoms with van der Waals surface area (Å²) in [5.41, 5.74) is 10.5. The van der Waals surface area contributed by atoms with Crippen LogP contribution in [0.2, 0.25) is 0 Å². The molecular formula is C56H67Br2O3P. The third-order valence-electron chi connectivity index (χ3n) is 12.1. The zero-order valence-corrected chi connectivity index (χ0v) is 42.1. The van der Waals surface area contributed by atoms with Gasteiger partial charge in [-0.1, -0.05) is 195 Å². The van der Waals surface area contributed by atoms with Gasteiger partial charge in [0, 0.05) is 0 Å². The second kappa shape index (κ2) is 25.4. The predicted molar refractivity (Wildman–Crippen MR) is 275 cm³/mol. The first-order valence-corrected chi connectivity index (χ1v) is 23.4. The molecule has 0 bridgehead atoms. The minimum Gasteiger partial charge on any atom is -0.489 e. The van der Waals surface area contributed by atoms with E-state index >= 15 is 0 Å². The number of aliphatic hydroxyl groups is 1. The lowest BCUT2D eigenvalue weighted by molar-refractivity contribution is -0.111. The molecule has 62 heavy (non-hydrogen) atoms. The molecular weight excluding hydrogens is 911 g/mol. The molecule has 0 radical (unpaired) electrons. The second-order valence-corrected chi connectivity index (χ2v) is 20.1. The van der Waals surface area contributed by atoms with E-state index in [4.69, 9.17) is 4.74 Å². The van der Waals surface area contributed by atoms with Gasteiger partial charge in [-0.05, 0) is 148 Å². The minimum atomic E-state index is -0.410. The molecule has 7 unspecified atom stereocenters. The first-order valence-electron chi connectivity index (χ1n) is 21.9. The van der Waals surface area contributed by atoms with Crippen molar-refractivity contribution < 1.29 is 14.6 Å². The summed E-state index contributed by atoms with van der Waals surface area (Å²) in [4.78, 5) is 10.3. The Hall–Kier alpha value is -3.86. The molecule has 0 aliphatic heterocycles. The normalized spacial score (nSPS) is 14.1. The second-order valence-electron chi connectivity index (χ2n) is 17.4. The van der Waals surface area contributed by atoms with Crippen LogP contribution in [0.15, 0.2) is 164 Å². The van der Waals surface area contributed by atoms with Crippen molar-refractivity contribution >= 4 is 46.5 Å². The van der Waals surface area contributed by atoms with Crippen LogP contribution in [0, 0.1) is 0 Å². The van der Waals surface area contributed by atoms with Crippen LogP contribution in [0.5, 0.6) is 5.75 Å². The van der Waals surface area contributed by atoms with Crippen LogP contribution in [0.3, 0.4) is 0 Å². The van der Waals surface area contributed by atoms with Gasteiger partial charge < -0.3 is 9.84 Å². The van der Waals surface area contributed by atoms with Crippen molar-refractivity contribution in [1.82, 2.24) is 0 Å². The molecule has 3 nitrogen and oxygen atoms in total. The molecule has 6 rings (SSSR count). The summed E-state index contributed by atoms with van der Waals surface area (Å²) >= 11 is 5.96. The number of benzene rings is 6. The highest BCUT2D eigenvalue weighted by atomic mass is 79.9. The van der Waals surface area contributed by atoms with Crippen molar-refractivity contribution in [3.8, 4) is 5.75 Å². The van der Waals surface area contributed by atoms with Gasteiger partial charge >= 0.3 is 0 Å². The number of carbonyl (C=O) groups excluding carboxylic acids is 1. The van der Waals surface area contributed by atoms with Crippen molar-refractivity contribution in [2.75, 3.05) is 0 Å². The first-order chi connectivity index (χ1) is 29.3. The van der Waals surface area contributed by atoms with Crippen LogP contribution < -0.4 is 4.74 Å². The molecule has 328 valence electrons. The number of hydrogen-bond acceptors (Lipinski definition) is 3. The number of carbonyl (C=O) groups is 1. The van der Waals surface area contributed by atoms with E-state index in [1.807, 2.05) is 24.3 Å². The van der Waals surface area contributed by atoms with Crippen LogP contribution >= 0.6 is 41.8 Å². The van der Waals surface area contributed by atoms with Gasteiger partial charge in [0.2, 0.25) is 4.69 Å². The maximum absolute atomic E-state index is 10.3. The van der Waals surface area contributed by atoms with Gasteiger partial charge in [-0.3, -0.25) is 4.79 Å². The maximum atomic E-state index is 10.3. The molecule has 6 heteroatoms. The van der Waals surface area contributed by atoms with Crippen LogP contribution in [-0.2, 0) is 18.0 Å². The molecule has 7 atom stereocenters.